The molecule has 3 nitrogen and oxygen atoms in total. The molecule has 1 aromatic carbocycles. The van der Waals surface area contributed by atoms with Crippen molar-refractivity contribution in [1.82, 2.24) is 4.98 Å². The molecule has 0 fully saturated rings. The molecule has 3 heteroatoms. The van der Waals surface area contributed by atoms with Crippen LogP contribution in [0.1, 0.15) is 13.3 Å². The maximum atomic E-state index is 11.3. The molecule has 0 aliphatic rings. The molecule has 0 spiro atoms. The molecule has 0 radical (unpaired) electrons. The average Bonchev–Trinajstić information content (AvgIpc) is 2.29. The van der Waals surface area contributed by atoms with Crippen molar-refractivity contribution < 1.29 is 4.79 Å². The Balaban J connectivity index is 2.46. The highest BCUT2D eigenvalue weighted by Crippen LogP contribution is 2.20. The highest BCUT2D eigenvalue weighted by atomic mass is 16.1. The number of hydrogen-bond acceptors (Lipinski definition) is 2. The van der Waals surface area contributed by atoms with E-state index in [-0.39, 0.29) is 5.91 Å². The molecule has 1 N–H and O–H groups in total. The van der Waals surface area contributed by atoms with E-state index in [4.69, 9.17) is 0 Å². The lowest BCUT2D eigenvalue weighted by Gasteiger charge is -2.05. The van der Waals surface area contributed by atoms with Gasteiger partial charge in [0.05, 0.1) is 0 Å². The van der Waals surface area contributed by atoms with Gasteiger partial charge in [0.25, 0.3) is 0 Å². The first-order chi connectivity index (χ1) is 7.31. The van der Waals surface area contributed by atoms with Gasteiger partial charge in [-0.05, 0) is 11.5 Å². The summed E-state index contributed by atoms with van der Waals surface area (Å²) in [6.07, 6.45) is 2.17. The summed E-state index contributed by atoms with van der Waals surface area (Å²) in [5.41, 5.74) is 0. The summed E-state index contributed by atoms with van der Waals surface area (Å²) < 4.78 is 0. The van der Waals surface area contributed by atoms with E-state index in [1.54, 1.807) is 6.20 Å². The van der Waals surface area contributed by atoms with Crippen molar-refractivity contribution in [2.45, 2.75) is 13.3 Å². The van der Waals surface area contributed by atoms with E-state index in [0.717, 1.165) is 10.8 Å². The normalized spacial score (nSPS) is 10.2. The summed E-state index contributed by atoms with van der Waals surface area (Å²) in [6, 6.07) is 9.78. The number of carbonyl (C=O) groups is 1. The number of aromatic nitrogens is 1. The van der Waals surface area contributed by atoms with Crippen LogP contribution in [0.2, 0.25) is 0 Å². The molecular weight excluding hydrogens is 188 g/mol. The zero-order valence-corrected chi connectivity index (χ0v) is 8.53. The number of pyridine rings is 1. The van der Waals surface area contributed by atoms with Crippen LogP contribution in [-0.4, -0.2) is 10.9 Å². The van der Waals surface area contributed by atoms with Crippen molar-refractivity contribution in [3.8, 4) is 0 Å². The quantitative estimate of drug-likeness (QED) is 0.809. The van der Waals surface area contributed by atoms with Crippen molar-refractivity contribution >= 4 is 22.5 Å². The van der Waals surface area contributed by atoms with Gasteiger partial charge in [-0.2, -0.15) is 0 Å². The molecule has 0 bridgehead atoms. The van der Waals surface area contributed by atoms with Crippen LogP contribution in [0.25, 0.3) is 10.8 Å². The molecule has 1 aromatic heterocycles. The summed E-state index contributed by atoms with van der Waals surface area (Å²) in [5, 5.41) is 4.84. The molecule has 2 rings (SSSR count). The fourth-order valence-electron chi connectivity index (χ4n) is 1.44. The first-order valence-corrected chi connectivity index (χ1v) is 4.95. The summed E-state index contributed by atoms with van der Waals surface area (Å²) in [7, 11) is 0. The Morgan fingerprint density at radius 3 is 2.93 bits per heavy atom. The van der Waals surface area contributed by atoms with E-state index in [1.165, 1.54) is 0 Å². The van der Waals surface area contributed by atoms with E-state index >= 15 is 0 Å². The Bertz CT molecular complexity index is 488. The second-order valence-electron chi connectivity index (χ2n) is 3.28. The lowest BCUT2D eigenvalue weighted by Crippen LogP contribution is -2.10. The van der Waals surface area contributed by atoms with Gasteiger partial charge in [-0.1, -0.05) is 31.2 Å². The lowest BCUT2D eigenvalue weighted by atomic mass is 10.1. The first kappa shape index (κ1) is 9.65. The van der Waals surface area contributed by atoms with Crippen LogP contribution in [0, 0.1) is 0 Å². The van der Waals surface area contributed by atoms with Crippen molar-refractivity contribution in [3.63, 3.8) is 0 Å². The van der Waals surface area contributed by atoms with Gasteiger partial charge in [-0.3, -0.25) is 4.79 Å². The average molecular weight is 200 g/mol. The minimum Gasteiger partial charge on any atom is -0.310 e. The van der Waals surface area contributed by atoms with Crippen molar-refractivity contribution in [3.05, 3.63) is 36.5 Å². The highest BCUT2D eigenvalue weighted by Gasteiger charge is 2.03. The van der Waals surface area contributed by atoms with Gasteiger partial charge in [-0.15, -0.1) is 0 Å². The maximum Gasteiger partial charge on any atom is 0.225 e. The molecule has 0 saturated heterocycles. The highest BCUT2D eigenvalue weighted by molar-refractivity contribution is 6.00. The number of fused-ring (bicyclic) bond motifs is 1. The Morgan fingerprint density at radius 1 is 1.33 bits per heavy atom. The molecular formula is C12H12N2O. The predicted molar refractivity (Wildman–Crippen MR) is 60.7 cm³/mol. The fraction of sp³-hybridized carbons (Fsp3) is 0.167. The third kappa shape index (κ3) is 1.96. The molecule has 15 heavy (non-hydrogen) atoms. The number of anilines is 1. The SMILES string of the molecule is CCC(=O)Nc1nccc2ccccc12. The second-order valence-corrected chi connectivity index (χ2v) is 3.28. The molecule has 0 saturated carbocycles. The summed E-state index contributed by atoms with van der Waals surface area (Å²) >= 11 is 0. The van der Waals surface area contributed by atoms with Crippen LogP contribution in [0.4, 0.5) is 5.82 Å². The number of benzene rings is 1. The van der Waals surface area contributed by atoms with Gasteiger partial charge in [0.2, 0.25) is 5.91 Å². The van der Waals surface area contributed by atoms with Gasteiger partial charge in [0, 0.05) is 18.0 Å². The van der Waals surface area contributed by atoms with Crippen LogP contribution in [0.5, 0.6) is 0 Å². The van der Waals surface area contributed by atoms with Crippen molar-refractivity contribution in [1.29, 1.82) is 0 Å². The number of nitrogens with zero attached hydrogens (tertiary/aromatic N) is 1. The molecule has 1 heterocycles. The lowest BCUT2D eigenvalue weighted by molar-refractivity contribution is -0.115. The molecule has 0 unspecified atom stereocenters. The molecule has 76 valence electrons. The van der Waals surface area contributed by atoms with Gasteiger partial charge in [0.15, 0.2) is 0 Å². The number of rotatable bonds is 2. The van der Waals surface area contributed by atoms with E-state index in [0.29, 0.717) is 12.2 Å². The van der Waals surface area contributed by atoms with E-state index in [2.05, 4.69) is 10.3 Å². The molecule has 2 aromatic rings. The number of nitrogens with one attached hydrogen (secondary N) is 1. The zero-order valence-electron chi connectivity index (χ0n) is 8.53. The minimum absolute atomic E-state index is 0.0150. The summed E-state index contributed by atoms with van der Waals surface area (Å²) in [6.45, 7) is 1.82. The Morgan fingerprint density at radius 2 is 2.13 bits per heavy atom. The molecule has 0 atom stereocenters. The van der Waals surface area contributed by atoms with Crippen molar-refractivity contribution in [2.24, 2.45) is 0 Å². The van der Waals surface area contributed by atoms with Gasteiger partial charge in [-0.25, -0.2) is 4.98 Å². The number of carbonyl (C=O) groups excluding carboxylic acids is 1. The Kier molecular flexibility index (Phi) is 2.63. The van der Waals surface area contributed by atoms with Crippen molar-refractivity contribution in [2.75, 3.05) is 5.32 Å². The minimum atomic E-state index is -0.0150. The largest absolute Gasteiger partial charge is 0.310 e. The molecule has 0 aliphatic carbocycles. The van der Waals surface area contributed by atoms with Crippen LogP contribution in [0.15, 0.2) is 36.5 Å². The van der Waals surface area contributed by atoms with Gasteiger partial charge >= 0.3 is 0 Å². The Hall–Kier alpha value is -1.90. The zero-order chi connectivity index (χ0) is 10.7. The fourth-order valence-corrected chi connectivity index (χ4v) is 1.44. The first-order valence-electron chi connectivity index (χ1n) is 4.95. The number of amides is 1. The van der Waals surface area contributed by atoms with Gasteiger partial charge < -0.3 is 5.32 Å². The van der Waals surface area contributed by atoms with Crippen LogP contribution >= 0.6 is 0 Å². The van der Waals surface area contributed by atoms with Crippen LogP contribution < -0.4 is 5.32 Å². The van der Waals surface area contributed by atoms with Crippen LogP contribution in [0.3, 0.4) is 0 Å². The number of hydrogen-bond donors (Lipinski definition) is 1. The summed E-state index contributed by atoms with van der Waals surface area (Å²) in [4.78, 5) is 15.4. The van der Waals surface area contributed by atoms with E-state index in [9.17, 15) is 4.79 Å². The summed E-state index contributed by atoms with van der Waals surface area (Å²) in [5.74, 6) is 0.624. The third-order valence-corrected chi connectivity index (χ3v) is 2.25. The molecule has 1 amide bonds. The second kappa shape index (κ2) is 4.09. The maximum absolute atomic E-state index is 11.3. The van der Waals surface area contributed by atoms with E-state index < -0.39 is 0 Å². The monoisotopic (exact) mass is 200 g/mol. The predicted octanol–water partition coefficient (Wildman–Crippen LogP) is 2.58. The standard InChI is InChI=1S/C12H12N2O/c1-2-11(15)14-12-10-6-4-3-5-9(10)7-8-13-12/h3-8H,2H2,1H3,(H,13,14,15). The smallest absolute Gasteiger partial charge is 0.225 e. The van der Waals surface area contributed by atoms with Crippen LogP contribution in [-0.2, 0) is 4.79 Å². The topological polar surface area (TPSA) is 42.0 Å². The molecule has 0 aliphatic heterocycles. The Labute approximate surface area is 88.1 Å². The van der Waals surface area contributed by atoms with Gasteiger partial charge in [0.1, 0.15) is 5.82 Å². The third-order valence-electron chi connectivity index (χ3n) is 2.25. The van der Waals surface area contributed by atoms with E-state index in [1.807, 2.05) is 37.3 Å².